The van der Waals surface area contributed by atoms with Gasteiger partial charge in [-0.3, -0.25) is 0 Å². The van der Waals surface area contributed by atoms with Crippen LogP contribution in [-0.2, 0) is 4.74 Å². The Morgan fingerprint density at radius 2 is 1.24 bits per heavy atom. The minimum atomic E-state index is -0.747. The highest BCUT2D eigenvalue weighted by atomic mass is 16.6. The number of rotatable bonds is 17. The summed E-state index contributed by atoms with van der Waals surface area (Å²) in [6, 6.07) is -0.676. The van der Waals surface area contributed by atoms with Crippen LogP contribution in [0.3, 0.4) is 0 Å². The summed E-state index contributed by atoms with van der Waals surface area (Å²) >= 11 is 0. The number of aliphatic hydroxyl groups is 2. The molecular formula is C24H49NO4. The molecule has 0 saturated carbocycles. The van der Waals surface area contributed by atoms with Crippen molar-refractivity contribution < 1.29 is 19.7 Å². The van der Waals surface area contributed by atoms with E-state index in [0.29, 0.717) is 6.42 Å². The number of ether oxygens (including phenoxy) is 1. The first kappa shape index (κ1) is 28.2. The van der Waals surface area contributed by atoms with Crippen molar-refractivity contribution in [3.05, 3.63) is 0 Å². The number of unbranched alkanes of at least 4 members (excludes halogenated alkanes) is 10. The predicted octanol–water partition coefficient (Wildman–Crippen LogP) is 5.96. The molecule has 0 aliphatic rings. The molecule has 0 bridgehead atoms. The van der Waals surface area contributed by atoms with Crippen LogP contribution in [0.1, 0.15) is 118 Å². The van der Waals surface area contributed by atoms with Crippen LogP contribution in [0.15, 0.2) is 0 Å². The minimum absolute atomic E-state index is 0.294. The second-order valence-electron chi connectivity index (χ2n) is 9.86. The van der Waals surface area contributed by atoms with Crippen molar-refractivity contribution in [3.63, 3.8) is 0 Å². The van der Waals surface area contributed by atoms with Crippen LogP contribution in [0.2, 0.25) is 0 Å². The van der Waals surface area contributed by atoms with Gasteiger partial charge in [0.05, 0.1) is 18.8 Å². The lowest BCUT2D eigenvalue weighted by Gasteiger charge is -2.25. The Hall–Kier alpha value is -0.810. The van der Waals surface area contributed by atoms with Crippen LogP contribution < -0.4 is 5.32 Å². The summed E-state index contributed by atoms with van der Waals surface area (Å²) < 4.78 is 5.17. The Morgan fingerprint density at radius 1 is 0.828 bits per heavy atom. The maximum Gasteiger partial charge on any atom is 0.408 e. The van der Waals surface area contributed by atoms with Gasteiger partial charge in [0.15, 0.2) is 0 Å². The molecule has 2 atom stereocenters. The van der Waals surface area contributed by atoms with Crippen molar-refractivity contribution in [2.45, 2.75) is 136 Å². The molecule has 0 aliphatic carbocycles. The van der Waals surface area contributed by atoms with Crippen molar-refractivity contribution in [1.29, 1.82) is 0 Å². The third-order valence-corrected chi connectivity index (χ3v) is 5.14. The molecule has 0 fully saturated rings. The van der Waals surface area contributed by atoms with Crippen LogP contribution in [0.4, 0.5) is 4.79 Å². The average molecular weight is 416 g/mol. The largest absolute Gasteiger partial charge is 0.444 e. The fourth-order valence-electron chi connectivity index (χ4n) is 3.42. The van der Waals surface area contributed by atoms with Crippen molar-refractivity contribution in [2.24, 2.45) is 5.92 Å². The first-order valence-corrected chi connectivity index (χ1v) is 11.9. The molecule has 0 aromatic carbocycles. The monoisotopic (exact) mass is 415 g/mol. The number of alkyl carbamates (subject to hydrolysis) is 1. The second kappa shape index (κ2) is 16.9. The maximum absolute atomic E-state index is 11.8. The Balaban J connectivity index is 3.60. The molecule has 1 amide bonds. The molecule has 0 heterocycles. The Kier molecular flexibility index (Phi) is 16.5. The summed E-state index contributed by atoms with van der Waals surface area (Å²) in [6.45, 7) is 9.65. The molecule has 3 N–H and O–H groups in total. The molecule has 0 aromatic heterocycles. The van der Waals surface area contributed by atoms with Gasteiger partial charge in [-0.1, -0.05) is 90.9 Å². The molecule has 0 unspecified atom stereocenters. The van der Waals surface area contributed by atoms with Gasteiger partial charge in [0.2, 0.25) is 0 Å². The second-order valence-corrected chi connectivity index (χ2v) is 9.86. The molecule has 174 valence electrons. The first-order chi connectivity index (χ1) is 13.7. The lowest BCUT2D eigenvalue weighted by atomic mass is 10.0. The van der Waals surface area contributed by atoms with E-state index in [0.717, 1.165) is 18.8 Å². The number of aliphatic hydroxyl groups excluding tert-OH is 2. The van der Waals surface area contributed by atoms with E-state index in [2.05, 4.69) is 19.2 Å². The summed E-state index contributed by atoms with van der Waals surface area (Å²) in [6.07, 6.45) is 14.5. The van der Waals surface area contributed by atoms with Gasteiger partial charge in [-0.05, 0) is 33.1 Å². The smallest absolute Gasteiger partial charge is 0.408 e. The van der Waals surface area contributed by atoms with Gasteiger partial charge in [0.1, 0.15) is 5.60 Å². The zero-order chi connectivity index (χ0) is 22.1. The van der Waals surface area contributed by atoms with Gasteiger partial charge in [0, 0.05) is 0 Å². The molecule has 0 aromatic rings. The van der Waals surface area contributed by atoms with Crippen molar-refractivity contribution in [3.8, 4) is 0 Å². The zero-order valence-corrected chi connectivity index (χ0v) is 19.8. The molecule has 0 radical (unpaired) electrons. The van der Waals surface area contributed by atoms with E-state index in [-0.39, 0.29) is 6.61 Å². The Bertz CT molecular complexity index is 393. The van der Waals surface area contributed by atoms with Gasteiger partial charge < -0.3 is 20.3 Å². The van der Waals surface area contributed by atoms with Gasteiger partial charge in [0.25, 0.3) is 0 Å². The Morgan fingerprint density at radius 3 is 1.62 bits per heavy atom. The van der Waals surface area contributed by atoms with Gasteiger partial charge >= 0.3 is 6.09 Å². The molecule has 0 spiro atoms. The summed E-state index contributed by atoms with van der Waals surface area (Å²) in [4.78, 5) is 11.8. The van der Waals surface area contributed by atoms with Crippen LogP contribution >= 0.6 is 0 Å². The van der Waals surface area contributed by atoms with Crippen molar-refractivity contribution in [1.82, 2.24) is 5.32 Å². The van der Waals surface area contributed by atoms with E-state index in [1.807, 2.05) is 0 Å². The summed E-state index contributed by atoms with van der Waals surface area (Å²) in [7, 11) is 0. The fourth-order valence-corrected chi connectivity index (χ4v) is 3.42. The quantitative estimate of drug-likeness (QED) is 0.256. The zero-order valence-electron chi connectivity index (χ0n) is 19.8. The summed E-state index contributed by atoms with van der Waals surface area (Å²) in [5.74, 6) is 0.840. The number of hydrogen-bond acceptors (Lipinski definition) is 4. The van der Waals surface area contributed by atoms with E-state index in [9.17, 15) is 15.0 Å². The molecule has 5 heteroatoms. The standard InChI is InChI=1S/C24H49NO4/c1-20(2)17-15-13-11-9-7-6-8-10-12-14-16-18-22(27)21(19-26)25-23(28)29-24(3,4)5/h20-22,26-27H,6-19H2,1-5H3,(H,25,28)/t21-,22-/m0/s1. The lowest BCUT2D eigenvalue weighted by Crippen LogP contribution is -2.47. The molecule has 0 saturated heterocycles. The van der Waals surface area contributed by atoms with E-state index in [4.69, 9.17) is 4.74 Å². The Labute approximate surface area is 180 Å². The normalized spacial score (nSPS) is 14.1. The number of carbonyl (C=O) groups excluding carboxylic acids is 1. The van der Waals surface area contributed by atoms with E-state index >= 15 is 0 Å². The third kappa shape index (κ3) is 18.9. The maximum atomic E-state index is 11.8. The summed E-state index contributed by atoms with van der Waals surface area (Å²) in [5, 5.41) is 22.2. The van der Waals surface area contributed by atoms with Crippen LogP contribution in [0.25, 0.3) is 0 Å². The number of carbonyl (C=O) groups is 1. The van der Waals surface area contributed by atoms with E-state index in [1.165, 1.54) is 64.2 Å². The topological polar surface area (TPSA) is 78.8 Å². The lowest BCUT2D eigenvalue weighted by molar-refractivity contribution is 0.0333. The van der Waals surface area contributed by atoms with Crippen molar-refractivity contribution >= 4 is 6.09 Å². The number of hydrogen-bond donors (Lipinski definition) is 3. The summed E-state index contributed by atoms with van der Waals surface area (Å²) in [5.41, 5.74) is -0.594. The first-order valence-electron chi connectivity index (χ1n) is 11.9. The molecular weight excluding hydrogens is 366 g/mol. The van der Waals surface area contributed by atoms with Crippen LogP contribution in [-0.4, -0.2) is 40.7 Å². The fraction of sp³-hybridized carbons (Fsp3) is 0.958. The molecule has 5 nitrogen and oxygen atoms in total. The van der Waals surface area contributed by atoms with Crippen molar-refractivity contribution in [2.75, 3.05) is 6.61 Å². The van der Waals surface area contributed by atoms with Crippen LogP contribution in [0.5, 0.6) is 0 Å². The van der Waals surface area contributed by atoms with Gasteiger partial charge in [-0.15, -0.1) is 0 Å². The SMILES string of the molecule is CC(C)CCCCCCCCCCCCC[C@H](O)[C@H](CO)NC(=O)OC(C)(C)C. The minimum Gasteiger partial charge on any atom is -0.444 e. The molecule has 0 rings (SSSR count). The molecule has 0 aliphatic heterocycles. The van der Waals surface area contributed by atoms with E-state index < -0.39 is 23.8 Å². The average Bonchev–Trinajstić information content (AvgIpc) is 2.61. The highest BCUT2D eigenvalue weighted by molar-refractivity contribution is 5.68. The molecule has 29 heavy (non-hydrogen) atoms. The van der Waals surface area contributed by atoms with E-state index in [1.54, 1.807) is 20.8 Å². The van der Waals surface area contributed by atoms with Crippen LogP contribution in [0, 0.1) is 5.92 Å². The van der Waals surface area contributed by atoms with Gasteiger partial charge in [-0.25, -0.2) is 4.79 Å². The van der Waals surface area contributed by atoms with Gasteiger partial charge in [-0.2, -0.15) is 0 Å². The predicted molar refractivity (Wildman–Crippen MR) is 121 cm³/mol. The number of nitrogens with one attached hydrogen (secondary N) is 1. The third-order valence-electron chi connectivity index (χ3n) is 5.14. The number of amides is 1. The highest BCUT2D eigenvalue weighted by Crippen LogP contribution is 2.15. The highest BCUT2D eigenvalue weighted by Gasteiger charge is 2.23.